The minimum atomic E-state index is -4.37. The molecule has 2 aromatic heterocycles. The number of nitrogens with two attached hydrogens (primary N) is 1. The van der Waals surface area contributed by atoms with Gasteiger partial charge in [-0.1, -0.05) is 24.3 Å². The Hall–Kier alpha value is -5.07. The monoisotopic (exact) mass is 595 g/mol. The van der Waals surface area contributed by atoms with Crippen LogP contribution in [0.3, 0.4) is 0 Å². The van der Waals surface area contributed by atoms with Crippen LogP contribution in [0, 0.1) is 13.8 Å². The number of aromatic amines is 1. The minimum absolute atomic E-state index is 0.115. The predicted octanol–water partition coefficient (Wildman–Crippen LogP) is 6.92. The largest absolute Gasteiger partial charge is 0.442 e. The van der Waals surface area contributed by atoms with Crippen LogP contribution in [0.2, 0.25) is 0 Å². The highest BCUT2D eigenvalue weighted by molar-refractivity contribution is 6.01. The van der Waals surface area contributed by atoms with Crippen LogP contribution in [0.5, 0.6) is 0 Å². The molecule has 2 amide bonds. The van der Waals surface area contributed by atoms with E-state index in [2.05, 4.69) is 25.9 Å². The van der Waals surface area contributed by atoms with Gasteiger partial charge in [-0.15, -0.1) is 0 Å². The molecule has 43 heavy (non-hydrogen) atoms. The molecule has 0 aliphatic rings. The number of halogens is 3. The summed E-state index contributed by atoms with van der Waals surface area (Å²) in [4.78, 5) is 24.1. The lowest BCUT2D eigenvalue weighted by atomic mass is 10.1. The number of rotatable bonds is 3. The molecule has 0 aliphatic heterocycles. The lowest BCUT2D eigenvalue weighted by molar-refractivity contribution is -0.137. The van der Waals surface area contributed by atoms with Crippen molar-refractivity contribution >= 4 is 45.3 Å². The van der Waals surface area contributed by atoms with Crippen LogP contribution in [0.15, 0.2) is 60.7 Å². The second-order valence-corrected chi connectivity index (χ2v) is 10.8. The topological polar surface area (TPSA) is 140 Å². The van der Waals surface area contributed by atoms with Crippen LogP contribution in [-0.2, 0) is 17.5 Å². The van der Waals surface area contributed by atoms with E-state index in [1.165, 1.54) is 16.8 Å². The van der Waals surface area contributed by atoms with Gasteiger partial charge < -0.3 is 21.1 Å². The van der Waals surface area contributed by atoms with Crippen LogP contribution in [0.4, 0.5) is 34.1 Å². The number of hydrogen-bond acceptors (Lipinski definition) is 6. The smallest absolute Gasteiger partial charge is 0.435 e. The van der Waals surface area contributed by atoms with Gasteiger partial charge in [0.15, 0.2) is 0 Å². The van der Waals surface area contributed by atoms with Gasteiger partial charge in [0.05, 0.1) is 28.0 Å². The standard InChI is InChI=1S/C17H15F3N4O.C13H17N3O2/c1-10-15-13(3-2-4-14(15)24-23-10)22-16(25)21-9-11-5-7-12(8-6-11)17(18,19)20;1-8-11-9(14)6-5-7-10(11)16(15-8)12(17)18-13(2,3)4/h2-8H,9H2,1H3,(H,23,24)(H2,21,22,25);5-7H,14H2,1-4H3. The predicted molar refractivity (Wildman–Crippen MR) is 159 cm³/mol. The molecule has 3 aromatic carbocycles. The summed E-state index contributed by atoms with van der Waals surface area (Å²) in [6.45, 7) is 9.23. The van der Waals surface area contributed by atoms with Crippen LogP contribution < -0.4 is 16.4 Å². The van der Waals surface area contributed by atoms with Gasteiger partial charge >= 0.3 is 18.3 Å². The molecular formula is C30H32F3N7O3. The van der Waals surface area contributed by atoms with E-state index < -0.39 is 29.5 Å². The molecule has 0 bridgehead atoms. The van der Waals surface area contributed by atoms with Gasteiger partial charge in [-0.25, -0.2) is 9.59 Å². The summed E-state index contributed by atoms with van der Waals surface area (Å²) < 4.78 is 44.1. The Labute approximate surface area is 245 Å². The van der Waals surface area contributed by atoms with Gasteiger partial charge in [-0.05, 0) is 76.6 Å². The maximum atomic E-state index is 12.5. The Morgan fingerprint density at radius 2 is 1.65 bits per heavy atom. The van der Waals surface area contributed by atoms with E-state index >= 15 is 0 Å². The highest BCUT2D eigenvalue weighted by Gasteiger charge is 2.30. The average Bonchev–Trinajstić information content (AvgIpc) is 3.48. The number of hydrogen-bond donors (Lipinski definition) is 4. The molecule has 10 nitrogen and oxygen atoms in total. The summed E-state index contributed by atoms with van der Waals surface area (Å²) in [6.07, 6.45) is -4.86. The first-order valence-electron chi connectivity index (χ1n) is 13.3. The molecule has 2 heterocycles. The fourth-order valence-corrected chi connectivity index (χ4v) is 4.32. The van der Waals surface area contributed by atoms with Crippen molar-refractivity contribution in [3.8, 4) is 0 Å². The van der Waals surface area contributed by atoms with Gasteiger partial charge in [0.2, 0.25) is 0 Å². The SMILES string of the molecule is Cc1[nH]nc2cccc(NC(=O)NCc3ccc(C(F)(F)F)cc3)c12.Cc1nn(C(=O)OC(C)(C)C)c2cccc(N)c12. The number of amides is 2. The Kier molecular flexibility index (Phi) is 8.65. The second kappa shape index (κ2) is 12.0. The van der Waals surface area contributed by atoms with Crippen molar-refractivity contribution in [1.29, 1.82) is 0 Å². The molecule has 0 aliphatic carbocycles. The number of nitrogens with one attached hydrogen (secondary N) is 3. The number of carbonyl (C=O) groups excluding carboxylic acids is 2. The molecule has 5 rings (SSSR count). The van der Waals surface area contributed by atoms with E-state index in [0.29, 0.717) is 28.1 Å². The quantitative estimate of drug-likeness (QED) is 0.167. The molecule has 5 aromatic rings. The summed E-state index contributed by atoms with van der Waals surface area (Å²) in [6, 6.07) is 14.9. The number of alkyl halides is 3. The van der Waals surface area contributed by atoms with Crippen molar-refractivity contribution in [3.05, 3.63) is 83.2 Å². The van der Waals surface area contributed by atoms with Crippen molar-refractivity contribution in [2.75, 3.05) is 11.1 Å². The molecule has 0 radical (unpaired) electrons. The van der Waals surface area contributed by atoms with Crippen LogP contribution >= 0.6 is 0 Å². The van der Waals surface area contributed by atoms with E-state index in [9.17, 15) is 22.8 Å². The first-order valence-corrected chi connectivity index (χ1v) is 13.3. The molecule has 5 N–H and O–H groups in total. The third-order valence-electron chi connectivity index (χ3n) is 6.23. The third kappa shape index (κ3) is 7.42. The van der Waals surface area contributed by atoms with Gasteiger partial charge in [-0.2, -0.15) is 28.1 Å². The Morgan fingerprint density at radius 3 is 2.30 bits per heavy atom. The summed E-state index contributed by atoms with van der Waals surface area (Å²) in [7, 11) is 0. The maximum Gasteiger partial charge on any atom is 0.435 e. The zero-order valence-electron chi connectivity index (χ0n) is 24.3. The summed E-state index contributed by atoms with van der Waals surface area (Å²) in [5, 5.41) is 18.1. The fraction of sp³-hybridized carbons (Fsp3) is 0.267. The molecule has 226 valence electrons. The molecule has 0 saturated carbocycles. The lowest BCUT2D eigenvalue weighted by Crippen LogP contribution is -2.28. The fourth-order valence-electron chi connectivity index (χ4n) is 4.32. The van der Waals surface area contributed by atoms with Gasteiger partial charge in [0.25, 0.3) is 0 Å². The van der Waals surface area contributed by atoms with Gasteiger partial charge in [-0.3, -0.25) is 5.10 Å². The summed E-state index contributed by atoms with van der Waals surface area (Å²) in [5.74, 6) is 0. The number of nitrogen functional groups attached to an aromatic ring is 1. The highest BCUT2D eigenvalue weighted by atomic mass is 19.4. The van der Waals surface area contributed by atoms with Crippen LogP contribution in [-0.4, -0.2) is 37.7 Å². The first-order chi connectivity index (χ1) is 20.1. The number of ether oxygens (including phenoxy) is 1. The molecule has 0 atom stereocenters. The number of aromatic nitrogens is 4. The Bertz CT molecular complexity index is 1770. The molecule has 0 saturated heterocycles. The minimum Gasteiger partial charge on any atom is -0.442 e. The summed E-state index contributed by atoms with van der Waals surface area (Å²) >= 11 is 0. The van der Waals surface area contributed by atoms with Gasteiger partial charge in [0, 0.05) is 28.7 Å². The number of urea groups is 1. The number of fused-ring (bicyclic) bond motifs is 2. The van der Waals surface area contributed by atoms with E-state index in [4.69, 9.17) is 10.5 Å². The number of H-pyrrole nitrogens is 1. The third-order valence-corrected chi connectivity index (χ3v) is 6.23. The zero-order chi connectivity index (χ0) is 31.5. The van der Waals surface area contributed by atoms with Crippen molar-refractivity contribution in [1.82, 2.24) is 25.3 Å². The van der Waals surface area contributed by atoms with E-state index in [1.807, 2.05) is 40.7 Å². The number of carbonyl (C=O) groups is 2. The van der Waals surface area contributed by atoms with Crippen LogP contribution in [0.25, 0.3) is 21.8 Å². The van der Waals surface area contributed by atoms with Crippen molar-refractivity contribution in [2.45, 2.75) is 52.9 Å². The van der Waals surface area contributed by atoms with Crippen molar-refractivity contribution in [3.63, 3.8) is 0 Å². The Balaban J connectivity index is 0.000000208. The normalized spacial score (nSPS) is 11.6. The second-order valence-electron chi connectivity index (χ2n) is 10.8. The maximum absolute atomic E-state index is 12.5. The zero-order valence-corrected chi connectivity index (χ0v) is 24.3. The molecular weight excluding hydrogens is 563 g/mol. The summed E-state index contributed by atoms with van der Waals surface area (Å²) in [5.41, 5.74) is 9.35. The Morgan fingerprint density at radius 1 is 0.977 bits per heavy atom. The molecule has 0 fully saturated rings. The van der Waals surface area contributed by atoms with Crippen molar-refractivity contribution < 1.29 is 27.5 Å². The van der Waals surface area contributed by atoms with Gasteiger partial charge in [0.1, 0.15) is 5.60 Å². The van der Waals surface area contributed by atoms with E-state index in [0.717, 1.165) is 34.1 Å². The number of aryl methyl sites for hydroxylation is 2. The van der Waals surface area contributed by atoms with E-state index in [-0.39, 0.29) is 6.54 Å². The van der Waals surface area contributed by atoms with Crippen molar-refractivity contribution in [2.24, 2.45) is 0 Å². The molecule has 0 unspecified atom stereocenters. The molecule has 0 spiro atoms. The van der Waals surface area contributed by atoms with Crippen LogP contribution in [0.1, 0.15) is 43.3 Å². The first kappa shape index (κ1) is 30.9. The molecule has 13 heteroatoms. The number of nitrogens with zero attached hydrogens (tertiary/aromatic N) is 3. The average molecular weight is 596 g/mol. The van der Waals surface area contributed by atoms with E-state index in [1.54, 1.807) is 30.3 Å². The number of benzene rings is 3. The lowest BCUT2D eigenvalue weighted by Gasteiger charge is -2.19. The highest BCUT2D eigenvalue weighted by Crippen LogP contribution is 2.29. The number of anilines is 2.